The van der Waals surface area contributed by atoms with E-state index in [4.69, 9.17) is 0 Å². The van der Waals surface area contributed by atoms with Crippen molar-refractivity contribution < 1.29 is 22.0 Å². The Labute approximate surface area is 126 Å². The van der Waals surface area contributed by atoms with E-state index in [2.05, 4.69) is 10.0 Å². The van der Waals surface area contributed by atoms with Crippen molar-refractivity contribution in [2.45, 2.75) is 0 Å². The minimum Gasteiger partial charge on any atom is -0.322 e. The monoisotopic (exact) mass is 326 g/mol. The molecule has 0 spiro atoms. The minimum atomic E-state index is -3.40. The van der Waals surface area contributed by atoms with Gasteiger partial charge in [-0.25, -0.2) is 17.2 Å². The number of anilines is 2. The van der Waals surface area contributed by atoms with Crippen LogP contribution in [0.15, 0.2) is 42.5 Å². The molecule has 0 bridgehead atoms. The highest BCUT2D eigenvalue weighted by Gasteiger charge is 2.17. The summed E-state index contributed by atoms with van der Waals surface area (Å²) in [6, 6.07) is 8.76. The normalized spacial score (nSPS) is 11.0. The van der Waals surface area contributed by atoms with Gasteiger partial charge in [0, 0.05) is 11.4 Å². The van der Waals surface area contributed by atoms with Gasteiger partial charge in [0.25, 0.3) is 5.91 Å². The molecule has 22 heavy (non-hydrogen) atoms. The van der Waals surface area contributed by atoms with Gasteiger partial charge in [-0.1, -0.05) is 6.07 Å². The number of carbonyl (C=O) groups is 1. The van der Waals surface area contributed by atoms with Gasteiger partial charge in [-0.2, -0.15) is 0 Å². The lowest BCUT2D eigenvalue weighted by Crippen LogP contribution is -2.16. The molecule has 0 aliphatic rings. The van der Waals surface area contributed by atoms with E-state index in [1.54, 1.807) is 0 Å². The van der Waals surface area contributed by atoms with Crippen LogP contribution >= 0.6 is 0 Å². The highest BCUT2D eigenvalue weighted by atomic mass is 32.2. The number of nitrogens with one attached hydrogen (secondary N) is 2. The second-order valence-electron chi connectivity index (χ2n) is 4.50. The molecule has 0 heterocycles. The second kappa shape index (κ2) is 6.10. The van der Waals surface area contributed by atoms with Gasteiger partial charge in [-0.15, -0.1) is 0 Å². The zero-order chi connectivity index (χ0) is 16.3. The Morgan fingerprint density at radius 3 is 1.95 bits per heavy atom. The molecule has 0 aliphatic carbocycles. The van der Waals surface area contributed by atoms with Gasteiger partial charge in [0.15, 0.2) is 0 Å². The van der Waals surface area contributed by atoms with E-state index in [9.17, 15) is 22.0 Å². The number of amides is 1. The van der Waals surface area contributed by atoms with Gasteiger partial charge in [-0.05, 0) is 36.4 Å². The number of rotatable bonds is 4. The molecule has 0 atom stereocenters. The number of halogens is 2. The quantitative estimate of drug-likeness (QED) is 0.907. The molecule has 2 N–H and O–H groups in total. The fraction of sp³-hybridized carbons (Fsp3) is 0.0714. The van der Waals surface area contributed by atoms with Crippen LogP contribution in [0.25, 0.3) is 0 Å². The summed E-state index contributed by atoms with van der Waals surface area (Å²) in [5, 5.41) is 2.33. The molecule has 2 rings (SSSR count). The summed E-state index contributed by atoms with van der Waals surface area (Å²) >= 11 is 0. The minimum absolute atomic E-state index is 0.270. The van der Waals surface area contributed by atoms with Crippen molar-refractivity contribution in [2.24, 2.45) is 0 Å². The Morgan fingerprint density at radius 1 is 0.955 bits per heavy atom. The van der Waals surface area contributed by atoms with Gasteiger partial charge in [0.1, 0.15) is 17.2 Å². The van der Waals surface area contributed by atoms with E-state index in [1.807, 2.05) is 0 Å². The van der Waals surface area contributed by atoms with E-state index in [-0.39, 0.29) is 5.69 Å². The van der Waals surface area contributed by atoms with Crippen molar-refractivity contribution in [3.8, 4) is 0 Å². The molecule has 2 aromatic rings. The molecule has 0 fully saturated rings. The highest BCUT2D eigenvalue weighted by Crippen LogP contribution is 2.17. The smallest absolute Gasteiger partial charge is 0.261 e. The van der Waals surface area contributed by atoms with Crippen LogP contribution in [0.3, 0.4) is 0 Å². The SMILES string of the molecule is CS(=O)(=O)Nc1ccc(NC(=O)c2c(F)cccc2F)cc1. The van der Waals surface area contributed by atoms with Crippen LogP contribution in [0.5, 0.6) is 0 Å². The average Bonchev–Trinajstić information content (AvgIpc) is 2.39. The molecule has 116 valence electrons. The van der Waals surface area contributed by atoms with Crippen LogP contribution in [-0.4, -0.2) is 20.6 Å². The lowest BCUT2D eigenvalue weighted by Gasteiger charge is -2.08. The maximum atomic E-state index is 13.5. The summed E-state index contributed by atoms with van der Waals surface area (Å²) in [7, 11) is -3.40. The molecule has 0 radical (unpaired) electrons. The van der Waals surface area contributed by atoms with Gasteiger partial charge >= 0.3 is 0 Å². The molecule has 0 aromatic heterocycles. The Balaban J connectivity index is 2.16. The first-order valence-electron chi connectivity index (χ1n) is 6.09. The van der Waals surface area contributed by atoms with Crippen molar-refractivity contribution in [1.29, 1.82) is 0 Å². The van der Waals surface area contributed by atoms with Crippen LogP contribution in [0.1, 0.15) is 10.4 Å². The Morgan fingerprint density at radius 2 is 1.45 bits per heavy atom. The van der Waals surface area contributed by atoms with Crippen molar-refractivity contribution in [3.05, 3.63) is 59.7 Å². The van der Waals surface area contributed by atoms with E-state index in [0.717, 1.165) is 24.5 Å². The Bertz CT molecular complexity index is 785. The fourth-order valence-electron chi connectivity index (χ4n) is 1.74. The number of sulfonamides is 1. The van der Waals surface area contributed by atoms with Crippen molar-refractivity contribution in [2.75, 3.05) is 16.3 Å². The predicted molar refractivity (Wildman–Crippen MR) is 79.2 cm³/mol. The number of benzene rings is 2. The van der Waals surface area contributed by atoms with E-state index in [0.29, 0.717) is 5.69 Å². The van der Waals surface area contributed by atoms with E-state index in [1.165, 1.54) is 24.3 Å². The standard InChI is InChI=1S/C14H12F2N2O3S/c1-22(20,21)18-10-7-5-9(6-8-10)17-14(19)13-11(15)3-2-4-12(13)16/h2-8,18H,1H3,(H,17,19). The van der Waals surface area contributed by atoms with Crippen LogP contribution in [0.2, 0.25) is 0 Å². The maximum absolute atomic E-state index is 13.5. The molecular formula is C14H12F2N2O3S. The molecule has 0 saturated heterocycles. The summed E-state index contributed by atoms with van der Waals surface area (Å²) < 4.78 is 51.3. The van der Waals surface area contributed by atoms with E-state index < -0.39 is 33.1 Å². The first-order valence-corrected chi connectivity index (χ1v) is 7.98. The molecule has 1 amide bonds. The second-order valence-corrected chi connectivity index (χ2v) is 6.25. The molecule has 5 nitrogen and oxygen atoms in total. The summed E-state index contributed by atoms with van der Waals surface area (Å²) in [4.78, 5) is 11.9. The molecule has 0 unspecified atom stereocenters. The predicted octanol–water partition coefficient (Wildman–Crippen LogP) is 2.59. The molecule has 8 heteroatoms. The van der Waals surface area contributed by atoms with Gasteiger partial charge < -0.3 is 5.32 Å². The van der Waals surface area contributed by atoms with Crippen LogP contribution in [0.4, 0.5) is 20.2 Å². The van der Waals surface area contributed by atoms with Crippen molar-refractivity contribution >= 4 is 27.3 Å². The third-order valence-corrected chi connectivity index (χ3v) is 3.24. The zero-order valence-electron chi connectivity index (χ0n) is 11.4. The lowest BCUT2D eigenvalue weighted by atomic mass is 10.1. The fourth-order valence-corrected chi connectivity index (χ4v) is 2.31. The summed E-state index contributed by atoms with van der Waals surface area (Å²) in [5.74, 6) is -2.86. The van der Waals surface area contributed by atoms with Gasteiger partial charge in [-0.3, -0.25) is 9.52 Å². The molecule has 2 aromatic carbocycles. The Kier molecular flexibility index (Phi) is 4.41. The summed E-state index contributed by atoms with van der Waals surface area (Å²) in [6.07, 6.45) is 1.00. The van der Waals surface area contributed by atoms with Gasteiger partial charge in [0.2, 0.25) is 10.0 Å². The van der Waals surface area contributed by atoms with Crippen molar-refractivity contribution in [1.82, 2.24) is 0 Å². The molecule has 0 aliphatic heterocycles. The lowest BCUT2D eigenvalue weighted by molar-refractivity contribution is 0.101. The largest absolute Gasteiger partial charge is 0.322 e. The maximum Gasteiger partial charge on any atom is 0.261 e. The zero-order valence-corrected chi connectivity index (χ0v) is 12.2. The molecular weight excluding hydrogens is 314 g/mol. The van der Waals surface area contributed by atoms with Crippen molar-refractivity contribution in [3.63, 3.8) is 0 Å². The summed E-state index contributed by atoms with van der Waals surface area (Å²) in [6.45, 7) is 0. The average molecular weight is 326 g/mol. The van der Waals surface area contributed by atoms with Crippen LogP contribution < -0.4 is 10.0 Å². The first kappa shape index (κ1) is 15.9. The third-order valence-electron chi connectivity index (χ3n) is 2.64. The van der Waals surface area contributed by atoms with Crippen LogP contribution in [-0.2, 0) is 10.0 Å². The van der Waals surface area contributed by atoms with Crippen LogP contribution in [0, 0.1) is 11.6 Å². The van der Waals surface area contributed by atoms with E-state index >= 15 is 0 Å². The number of hydrogen-bond acceptors (Lipinski definition) is 3. The Hall–Kier alpha value is -2.48. The van der Waals surface area contributed by atoms with Gasteiger partial charge in [0.05, 0.1) is 6.26 Å². The third kappa shape index (κ3) is 4.01. The number of hydrogen-bond donors (Lipinski definition) is 2. The summed E-state index contributed by atoms with van der Waals surface area (Å²) in [5.41, 5.74) is -0.106. The molecule has 0 saturated carbocycles. The highest BCUT2D eigenvalue weighted by molar-refractivity contribution is 7.92. The topological polar surface area (TPSA) is 75.3 Å². The number of carbonyl (C=O) groups excluding carboxylic acids is 1. The first-order chi connectivity index (χ1) is 10.3.